The van der Waals surface area contributed by atoms with Crippen molar-refractivity contribution in [1.29, 1.82) is 5.26 Å². The molecule has 0 saturated heterocycles. The van der Waals surface area contributed by atoms with Crippen LogP contribution in [0.5, 0.6) is 11.5 Å². The van der Waals surface area contributed by atoms with Crippen molar-refractivity contribution < 1.29 is 23.7 Å². The Morgan fingerprint density at radius 1 is 1.53 bits per heavy atom. The molecule has 0 spiro atoms. The van der Waals surface area contributed by atoms with Gasteiger partial charge in [-0.3, -0.25) is 0 Å². The molecule has 0 aliphatic rings. The third kappa shape index (κ3) is 3.44. The van der Waals surface area contributed by atoms with Gasteiger partial charge in [0.2, 0.25) is 0 Å². The Hall–Kier alpha value is -1.62. The van der Waals surface area contributed by atoms with Crippen LogP contribution in [0.15, 0.2) is 12.1 Å². The highest BCUT2D eigenvalue weighted by Gasteiger charge is 2.39. The predicted octanol–water partition coefficient (Wildman–Crippen LogP) is 1.32. The molecule has 1 aromatic carbocycles. The first-order chi connectivity index (χ1) is 8.37. The lowest BCUT2D eigenvalue weighted by atomic mass is 9.98. The van der Waals surface area contributed by atoms with Crippen LogP contribution in [0.1, 0.15) is 17.2 Å². The molecule has 0 saturated carbocycles. The van der Waals surface area contributed by atoms with Crippen molar-refractivity contribution in [1.82, 2.24) is 0 Å². The molecule has 8 heteroatoms. The maximum Gasteiger partial charge on any atom is 0.289 e. The highest BCUT2D eigenvalue weighted by atomic mass is 35.5. The van der Waals surface area contributed by atoms with Crippen molar-refractivity contribution in [3.8, 4) is 17.6 Å². The van der Waals surface area contributed by atoms with Crippen LogP contribution in [-0.2, 0) is 0 Å². The monoisotopic (exact) mass is 294 g/mol. The van der Waals surface area contributed by atoms with Crippen LogP contribution in [0.3, 0.4) is 0 Å². The van der Waals surface area contributed by atoms with Crippen molar-refractivity contribution in [2.75, 3.05) is 13.7 Å². The van der Waals surface area contributed by atoms with E-state index in [-0.39, 0.29) is 29.3 Å². The first kappa shape index (κ1) is 17.4. The predicted molar refractivity (Wildman–Crippen MR) is 65.6 cm³/mol. The van der Waals surface area contributed by atoms with Crippen molar-refractivity contribution in [2.24, 2.45) is 5.73 Å². The van der Waals surface area contributed by atoms with E-state index in [9.17, 15) is 13.9 Å². The van der Waals surface area contributed by atoms with Crippen LogP contribution < -0.4 is 10.5 Å². The van der Waals surface area contributed by atoms with E-state index in [1.165, 1.54) is 13.2 Å². The molecular weight excluding hydrogens is 282 g/mol. The number of benzene rings is 1. The number of nitrogens with zero attached hydrogens (tertiary/aromatic N) is 1. The van der Waals surface area contributed by atoms with Gasteiger partial charge in [-0.1, -0.05) is 0 Å². The molecule has 0 unspecified atom stereocenters. The summed E-state index contributed by atoms with van der Waals surface area (Å²) in [6.45, 7) is -1.47. The van der Waals surface area contributed by atoms with E-state index in [2.05, 4.69) is 0 Å². The van der Waals surface area contributed by atoms with E-state index in [0.717, 1.165) is 6.07 Å². The molecule has 0 radical (unpaired) electrons. The third-order valence-corrected chi connectivity index (χ3v) is 2.45. The van der Waals surface area contributed by atoms with E-state index < -0.39 is 24.3 Å². The third-order valence-electron chi connectivity index (χ3n) is 2.45. The SMILES string of the molecule is COc1cc(C#N)cc([C@H](N)C(F)(F)CO)c1O.Cl. The van der Waals surface area contributed by atoms with Crippen LogP contribution in [0.2, 0.25) is 0 Å². The Morgan fingerprint density at radius 3 is 2.53 bits per heavy atom. The number of phenols is 1. The van der Waals surface area contributed by atoms with Gasteiger partial charge in [0.15, 0.2) is 11.5 Å². The smallest absolute Gasteiger partial charge is 0.289 e. The quantitative estimate of drug-likeness (QED) is 0.778. The zero-order valence-corrected chi connectivity index (χ0v) is 10.7. The number of methoxy groups -OCH3 is 1. The number of hydrogen-bond donors (Lipinski definition) is 3. The topological polar surface area (TPSA) is 99.5 Å². The van der Waals surface area contributed by atoms with Gasteiger partial charge < -0.3 is 20.7 Å². The van der Waals surface area contributed by atoms with Gasteiger partial charge >= 0.3 is 0 Å². The van der Waals surface area contributed by atoms with E-state index in [4.69, 9.17) is 20.8 Å². The average Bonchev–Trinajstić information content (AvgIpc) is 2.38. The van der Waals surface area contributed by atoms with Gasteiger partial charge in [0.1, 0.15) is 12.6 Å². The van der Waals surface area contributed by atoms with Gasteiger partial charge in [0, 0.05) is 11.6 Å². The minimum atomic E-state index is -3.61. The van der Waals surface area contributed by atoms with Gasteiger partial charge in [-0.2, -0.15) is 5.26 Å². The summed E-state index contributed by atoms with van der Waals surface area (Å²) in [6, 6.07) is 2.03. The fraction of sp³-hybridized carbons (Fsp3) is 0.364. The number of nitriles is 1. The molecule has 0 heterocycles. The largest absolute Gasteiger partial charge is 0.504 e. The van der Waals surface area contributed by atoms with Crippen LogP contribution in [-0.4, -0.2) is 29.9 Å². The molecule has 1 rings (SSSR count). The molecule has 0 aliphatic carbocycles. The summed E-state index contributed by atoms with van der Waals surface area (Å²) in [4.78, 5) is 0. The summed E-state index contributed by atoms with van der Waals surface area (Å²) in [6.07, 6.45) is 0. The lowest BCUT2D eigenvalue weighted by molar-refractivity contribution is -0.0716. The minimum absolute atomic E-state index is 0. The number of aromatic hydroxyl groups is 1. The van der Waals surface area contributed by atoms with Crippen molar-refractivity contribution in [3.63, 3.8) is 0 Å². The number of nitrogens with two attached hydrogens (primary N) is 1. The summed E-state index contributed by atoms with van der Waals surface area (Å²) in [5.74, 6) is -4.32. The van der Waals surface area contributed by atoms with Gasteiger partial charge in [-0.25, -0.2) is 8.78 Å². The second-order valence-corrected chi connectivity index (χ2v) is 3.62. The van der Waals surface area contributed by atoms with Gasteiger partial charge in [0.05, 0.1) is 18.7 Å². The Kier molecular flexibility index (Phi) is 5.96. The molecule has 0 fully saturated rings. The number of aliphatic hydroxyl groups is 1. The van der Waals surface area contributed by atoms with Crippen molar-refractivity contribution in [2.45, 2.75) is 12.0 Å². The molecule has 5 nitrogen and oxygen atoms in total. The molecule has 0 aromatic heterocycles. The van der Waals surface area contributed by atoms with E-state index in [1.807, 2.05) is 0 Å². The Bertz CT molecular complexity index is 492. The average molecular weight is 295 g/mol. The van der Waals surface area contributed by atoms with Crippen molar-refractivity contribution in [3.05, 3.63) is 23.3 Å². The number of phenolic OH excluding ortho intramolecular Hbond substituents is 1. The highest BCUT2D eigenvalue weighted by molar-refractivity contribution is 5.85. The van der Waals surface area contributed by atoms with E-state index >= 15 is 0 Å². The molecule has 1 aromatic rings. The van der Waals surface area contributed by atoms with Crippen LogP contribution in [0, 0.1) is 11.3 Å². The standard InChI is InChI=1S/C11H12F2N2O3.ClH/c1-18-8-3-6(4-14)2-7(9(8)17)10(15)11(12,13)5-16;/h2-3,10,16-17H,5,15H2,1H3;1H/t10-;/m0./s1. The summed E-state index contributed by atoms with van der Waals surface area (Å²) in [5, 5.41) is 27.0. The molecule has 4 N–H and O–H groups in total. The highest BCUT2D eigenvalue weighted by Crippen LogP contribution is 2.39. The summed E-state index contributed by atoms with van der Waals surface area (Å²) < 4.78 is 31.3. The number of aliphatic hydroxyl groups excluding tert-OH is 1. The first-order valence-corrected chi connectivity index (χ1v) is 4.92. The molecule has 1 atom stereocenters. The maximum absolute atomic E-state index is 13.3. The van der Waals surface area contributed by atoms with Gasteiger partial charge in [-0.05, 0) is 6.07 Å². The van der Waals surface area contributed by atoms with E-state index in [0.29, 0.717) is 0 Å². The normalized spacial score (nSPS) is 12.2. The second kappa shape index (κ2) is 6.52. The van der Waals surface area contributed by atoms with E-state index in [1.54, 1.807) is 6.07 Å². The lowest BCUT2D eigenvalue weighted by Gasteiger charge is -2.23. The minimum Gasteiger partial charge on any atom is -0.504 e. The van der Waals surface area contributed by atoms with Crippen molar-refractivity contribution >= 4 is 12.4 Å². The maximum atomic E-state index is 13.3. The molecule has 106 valence electrons. The fourth-order valence-corrected chi connectivity index (χ4v) is 1.41. The Morgan fingerprint density at radius 2 is 2.11 bits per heavy atom. The molecular formula is C11H13ClF2N2O3. The van der Waals surface area contributed by atoms with Gasteiger partial charge in [-0.15, -0.1) is 12.4 Å². The Balaban J connectivity index is 0.00000324. The molecule has 0 amide bonds. The number of halogens is 3. The van der Waals surface area contributed by atoms with Crippen LogP contribution >= 0.6 is 12.4 Å². The summed E-state index contributed by atoms with van der Waals surface area (Å²) in [5.41, 5.74) is 4.96. The summed E-state index contributed by atoms with van der Waals surface area (Å²) in [7, 11) is 1.22. The fourth-order valence-electron chi connectivity index (χ4n) is 1.41. The zero-order valence-electron chi connectivity index (χ0n) is 9.93. The number of ether oxygens (including phenoxy) is 1. The molecule has 0 bridgehead atoms. The van der Waals surface area contributed by atoms with Crippen LogP contribution in [0.4, 0.5) is 8.78 Å². The zero-order chi connectivity index (χ0) is 13.9. The number of rotatable bonds is 4. The lowest BCUT2D eigenvalue weighted by Crippen LogP contribution is -2.36. The summed E-state index contributed by atoms with van der Waals surface area (Å²) >= 11 is 0. The Labute approximate surface area is 114 Å². The number of alkyl halides is 2. The second-order valence-electron chi connectivity index (χ2n) is 3.62. The first-order valence-electron chi connectivity index (χ1n) is 4.92. The number of hydrogen-bond acceptors (Lipinski definition) is 5. The molecule has 0 aliphatic heterocycles. The molecule has 19 heavy (non-hydrogen) atoms. The van der Waals surface area contributed by atoms with Gasteiger partial charge in [0.25, 0.3) is 5.92 Å². The van der Waals surface area contributed by atoms with Crippen LogP contribution in [0.25, 0.3) is 0 Å².